The molecule has 0 aliphatic carbocycles. The smallest absolute Gasteiger partial charge is 0.307 e. The van der Waals surface area contributed by atoms with E-state index in [9.17, 15) is 4.79 Å². The molecule has 0 aliphatic rings. The van der Waals surface area contributed by atoms with E-state index in [1.807, 2.05) is 18.2 Å². The van der Waals surface area contributed by atoms with Crippen LogP contribution in [0.25, 0.3) is 10.8 Å². The third-order valence-electron chi connectivity index (χ3n) is 3.34. The summed E-state index contributed by atoms with van der Waals surface area (Å²) in [4.78, 5) is 11.0. The van der Waals surface area contributed by atoms with Crippen LogP contribution in [0.4, 0.5) is 0 Å². The molecule has 0 aliphatic heterocycles. The number of carbonyl (C=O) groups is 1. The van der Waals surface area contributed by atoms with Crippen LogP contribution in [0, 0.1) is 5.92 Å². The highest BCUT2D eigenvalue weighted by Gasteiger charge is 2.12. The summed E-state index contributed by atoms with van der Waals surface area (Å²) >= 11 is 0. The van der Waals surface area contributed by atoms with E-state index in [0.29, 0.717) is 11.7 Å². The van der Waals surface area contributed by atoms with Gasteiger partial charge in [-0.05, 0) is 34.7 Å². The van der Waals surface area contributed by atoms with E-state index in [4.69, 9.17) is 9.84 Å². The third-order valence-corrected chi connectivity index (χ3v) is 3.34. The fraction of sp³-hybridized carbons (Fsp3) is 0.353. The van der Waals surface area contributed by atoms with Gasteiger partial charge in [0.05, 0.1) is 13.5 Å². The number of benzene rings is 2. The van der Waals surface area contributed by atoms with Crippen molar-refractivity contribution in [2.45, 2.75) is 26.7 Å². The molecule has 0 fully saturated rings. The summed E-state index contributed by atoms with van der Waals surface area (Å²) in [6.45, 7) is 4.38. The van der Waals surface area contributed by atoms with Gasteiger partial charge in [0, 0.05) is 5.56 Å². The largest absolute Gasteiger partial charge is 0.496 e. The summed E-state index contributed by atoms with van der Waals surface area (Å²) in [6.07, 6.45) is 1.00. The molecule has 0 radical (unpaired) electrons. The molecule has 2 aromatic rings. The van der Waals surface area contributed by atoms with Gasteiger partial charge in [-0.3, -0.25) is 4.79 Å². The van der Waals surface area contributed by atoms with Gasteiger partial charge in [-0.2, -0.15) is 0 Å². The van der Waals surface area contributed by atoms with E-state index in [0.717, 1.165) is 22.8 Å². The van der Waals surface area contributed by atoms with Gasteiger partial charge in [-0.15, -0.1) is 0 Å². The van der Waals surface area contributed by atoms with Crippen LogP contribution < -0.4 is 4.74 Å². The molecule has 106 valence electrons. The second-order valence-corrected chi connectivity index (χ2v) is 5.47. The van der Waals surface area contributed by atoms with Crippen molar-refractivity contribution in [3.05, 3.63) is 41.5 Å². The quantitative estimate of drug-likeness (QED) is 0.903. The Labute approximate surface area is 119 Å². The van der Waals surface area contributed by atoms with E-state index in [2.05, 4.69) is 26.0 Å². The Balaban J connectivity index is 2.53. The van der Waals surface area contributed by atoms with Gasteiger partial charge in [0.2, 0.25) is 0 Å². The van der Waals surface area contributed by atoms with Crippen molar-refractivity contribution in [3.63, 3.8) is 0 Å². The van der Waals surface area contributed by atoms with Crippen LogP contribution in [0.2, 0.25) is 0 Å². The van der Waals surface area contributed by atoms with Gasteiger partial charge in [-0.1, -0.05) is 38.1 Å². The Morgan fingerprint density at radius 3 is 2.60 bits per heavy atom. The molecule has 0 saturated heterocycles. The first-order valence-corrected chi connectivity index (χ1v) is 6.81. The molecule has 0 saturated carbocycles. The van der Waals surface area contributed by atoms with Crippen LogP contribution in [0.5, 0.6) is 5.75 Å². The number of hydrogen-bond acceptors (Lipinski definition) is 2. The molecular formula is C17H20O3. The molecule has 0 bridgehead atoms. The summed E-state index contributed by atoms with van der Waals surface area (Å²) in [5.74, 6) is 0.391. The number of carboxylic acid groups (broad SMARTS) is 1. The van der Waals surface area contributed by atoms with Crippen molar-refractivity contribution in [3.8, 4) is 5.75 Å². The van der Waals surface area contributed by atoms with Crippen LogP contribution in [-0.2, 0) is 17.6 Å². The predicted molar refractivity (Wildman–Crippen MR) is 80.4 cm³/mol. The van der Waals surface area contributed by atoms with Gasteiger partial charge >= 0.3 is 5.97 Å². The molecule has 20 heavy (non-hydrogen) atoms. The van der Waals surface area contributed by atoms with Crippen molar-refractivity contribution < 1.29 is 14.6 Å². The molecule has 2 rings (SSSR count). The molecule has 3 nitrogen and oxygen atoms in total. The van der Waals surface area contributed by atoms with Crippen LogP contribution in [-0.4, -0.2) is 18.2 Å². The highest BCUT2D eigenvalue weighted by atomic mass is 16.5. The number of rotatable bonds is 5. The zero-order chi connectivity index (χ0) is 14.7. The van der Waals surface area contributed by atoms with Gasteiger partial charge in [0.25, 0.3) is 0 Å². The van der Waals surface area contributed by atoms with E-state index in [1.54, 1.807) is 7.11 Å². The van der Waals surface area contributed by atoms with Gasteiger partial charge in [0.1, 0.15) is 5.75 Å². The van der Waals surface area contributed by atoms with Crippen molar-refractivity contribution >= 4 is 16.7 Å². The lowest BCUT2D eigenvalue weighted by atomic mass is 9.96. The topological polar surface area (TPSA) is 46.5 Å². The lowest BCUT2D eigenvalue weighted by molar-refractivity contribution is -0.136. The number of ether oxygens (including phenoxy) is 1. The fourth-order valence-electron chi connectivity index (χ4n) is 2.55. The first-order chi connectivity index (χ1) is 9.51. The number of aliphatic carboxylic acids is 1. The SMILES string of the molecule is COc1ccc2cc(CC(C)C)ccc2c1CC(=O)O. The van der Waals surface area contributed by atoms with E-state index < -0.39 is 5.97 Å². The molecule has 1 N–H and O–H groups in total. The summed E-state index contributed by atoms with van der Waals surface area (Å²) in [5.41, 5.74) is 2.02. The van der Waals surface area contributed by atoms with Gasteiger partial charge < -0.3 is 9.84 Å². The van der Waals surface area contributed by atoms with Crippen molar-refractivity contribution in [1.29, 1.82) is 0 Å². The minimum Gasteiger partial charge on any atom is -0.496 e. The van der Waals surface area contributed by atoms with E-state index in [1.165, 1.54) is 5.56 Å². The number of carboxylic acids is 1. The highest BCUT2D eigenvalue weighted by molar-refractivity contribution is 5.91. The molecule has 0 atom stereocenters. The van der Waals surface area contributed by atoms with Crippen LogP contribution in [0.15, 0.2) is 30.3 Å². The minimum atomic E-state index is -0.845. The van der Waals surface area contributed by atoms with Crippen molar-refractivity contribution in [1.82, 2.24) is 0 Å². The monoisotopic (exact) mass is 272 g/mol. The summed E-state index contributed by atoms with van der Waals surface area (Å²) in [7, 11) is 1.57. The molecule has 0 spiro atoms. The molecule has 0 aromatic heterocycles. The first-order valence-electron chi connectivity index (χ1n) is 6.81. The van der Waals surface area contributed by atoms with Crippen molar-refractivity contribution in [2.24, 2.45) is 5.92 Å². The zero-order valence-electron chi connectivity index (χ0n) is 12.1. The first kappa shape index (κ1) is 14.4. The molecule has 0 unspecified atom stereocenters. The summed E-state index contributed by atoms with van der Waals surface area (Å²) in [5, 5.41) is 11.1. The molecule has 0 heterocycles. The molecule has 3 heteroatoms. The number of hydrogen-bond donors (Lipinski definition) is 1. The average Bonchev–Trinajstić information content (AvgIpc) is 2.37. The zero-order valence-corrected chi connectivity index (χ0v) is 12.1. The molecule has 2 aromatic carbocycles. The highest BCUT2D eigenvalue weighted by Crippen LogP contribution is 2.29. The van der Waals surface area contributed by atoms with E-state index >= 15 is 0 Å². The summed E-state index contributed by atoms with van der Waals surface area (Å²) < 4.78 is 5.29. The normalized spacial score (nSPS) is 11.0. The van der Waals surface area contributed by atoms with Crippen LogP contribution >= 0.6 is 0 Å². The maximum absolute atomic E-state index is 11.0. The minimum absolute atomic E-state index is 0.0238. The Hall–Kier alpha value is -2.03. The Bertz CT molecular complexity index is 629. The Kier molecular flexibility index (Phi) is 4.28. The van der Waals surface area contributed by atoms with E-state index in [-0.39, 0.29) is 6.42 Å². The lowest BCUT2D eigenvalue weighted by Crippen LogP contribution is -2.03. The van der Waals surface area contributed by atoms with Crippen LogP contribution in [0.1, 0.15) is 25.0 Å². The second kappa shape index (κ2) is 5.95. The average molecular weight is 272 g/mol. The van der Waals surface area contributed by atoms with Crippen LogP contribution in [0.3, 0.4) is 0 Å². The third kappa shape index (κ3) is 3.10. The molecular weight excluding hydrogens is 252 g/mol. The predicted octanol–water partition coefficient (Wildman–Crippen LogP) is 3.67. The lowest BCUT2D eigenvalue weighted by Gasteiger charge is -2.12. The molecule has 0 amide bonds. The number of fused-ring (bicyclic) bond motifs is 1. The Morgan fingerprint density at radius 1 is 1.25 bits per heavy atom. The van der Waals surface area contributed by atoms with Gasteiger partial charge in [-0.25, -0.2) is 0 Å². The summed E-state index contributed by atoms with van der Waals surface area (Å²) in [6, 6.07) is 10.1. The number of methoxy groups -OCH3 is 1. The second-order valence-electron chi connectivity index (χ2n) is 5.47. The maximum Gasteiger partial charge on any atom is 0.307 e. The van der Waals surface area contributed by atoms with Gasteiger partial charge in [0.15, 0.2) is 0 Å². The standard InChI is InChI=1S/C17H20O3/c1-11(2)8-12-4-6-14-13(9-12)5-7-16(20-3)15(14)10-17(18)19/h4-7,9,11H,8,10H2,1-3H3,(H,18,19). The van der Waals surface area contributed by atoms with Crippen molar-refractivity contribution in [2.75, 3.05) is 7.11 Å². The fourth-order valence-corrected chi connectivity index (χ4v) is 2.55. The Morgan fingerprint density at radius 2 is 2.00 bits per heavy atom. The maximum atomic E-state index is 11.0.